The second kappa shape index (κ2) is 10.9. The first-order valence-corrected chi connectivity index (χ1v) is 12.8. The highest BCUT2D eigenvalue weighted by molar-refractivity contribution is 8.18. The van der Waals surface area contributed by atoms with Crippen LogP contribution in [-0.2, 0) is 11.4 Å². The summed E-state index contributed by atoms with van der Waals surface area (Å²) in [5.74, 6) is 0.382. The van der Waals surface area contributed by atoms with E-state index in [0.717, 1.165) is 42.5 Å². The molecule has 37 heavy (non-hydrogen) atoms. The Morgan fingerprint density at radius 3 is 2.35 bits per heavy atom. The Labute approximate surface area is 219 Å². The van der Waals surface area contributed by atoms with Crippen molar-refractivity contribution in [2.24, 2.45) is 4.99 Å². The number of carbonyl (C=O) groups is 1. The van der Waals surface area contributed by atoms with E-state index in [1.165, 1.54) is 35.1 Å². The summed E-state index contributed by atoms with van der Waals surface area (Å²) >= 11 is 1.40. The third-order valence-electron chi connectivity index (χ3n) is 6.31. The van der Waals surface area contributed by atoms with Gasteiger partial charge in [-0.2, -0.15) is 4.99 Å². The van der Waals surface area contributed by atoms with Crippen LogP contribution in [-0.4, -0.2) is 47.1 Å². The van der Waals surface area contributed by atoms with Crippen LogP contribution in [0.2, 0.25) is 0 Å². The van der Waals surface area contributed by atoms with E-state index < -0.39 is 4.92 Å². The molecule has 2 aliphatic rings. The molecule has 0 atom stereocenters. The van der Waals surface area contributed by atoms with Crippen molar-refractivity contribution in [3.63, 3.8) is 0 Å². The number of hydrogen-bond acceptors (Lipinski definition) is 7. The fraction of sp³-hybridized carbons (Fsp3) is 0.214. The van der Waals surface area contributed by atoms with E-state index in [4.69, 9.17) is 4.74 Å². The third kappa shape index (κ3) is 5.83. The predicted octanol–water partition coefficient (Wildman–Crippen LogP) is 5.27. The standard InChI is InChI=1S/C28H26N4O4S/c1-20-6-10-23(11-7-20)30-14-16-31(17-15-30)28-29-27(33)26(37-28)18-22-4-2-3-5-25(22)36-19-21-8-12-24(13-9-21)32(34)35/h2-13,18H,14-17,19H2,1H3. The van der Waals surface area contributed by atoms with E-state index in [-0.39, 0.29) is 18.2 Å². The average Bonchev–Trinajstić information content (AvgIpc) is 3.29. The Hall–Kier alpha value is -4.11. The van der Waals surface area contributed by atoms with E-state index in [9.17, 15) is 14.9 Å². The number of piperazine rings is 1. The van der Waals surface area contributed by atoms with Gasteiger partial charge in [0.05, 0.1) is 9.83 Å². The number of aryl methyl sites for hydroxylation is 1. The second-order valence-corrected chi connectivity index (χ2v) is 9.88. The monoisotopic (exact) mass is 514 g/mol. The second-order valence-electron chi connectivity index (χ2n) is 8.87. The van der Waals surface area contributed by atoms with Crippen molar-refractivity contribution in [3.05, 3.63) is 105 Å². The molecule has 0 bridgehead atoms. The Kier molecular flexibility index (Phi) is 7.23. The molecule has 3 aromatic rings. The highest BCUT2D eigenvalue weighted by Crippen LogP contribution is 2.33. The van der Waals surface area contributed by atoms with Crippen LogP contribution in [0.25, 0.3) is 6.08 Å². The molecule has 1 saturated heterocycles. The maximum atomic E-state index is 12.7. The van der Waals surface area contributed by atoms with Gasteiger partial charge in [-0.25, -0.2) is 0 Å². The zero-order chi connectivity index (χ0) is 25.8. The van der Waals surface area contributed by atoms with Gasteiger partial charge in [0.1, 0.15) is 12.4 Å². The molecule has 0 N–H and O–H groups in total. The summed E-state index contributed by atoms with van der Waals surface area (Å²) in [5, 5.41) is 11.6. The van der Waals surface area contributed by atoms with Gasteiger partial charge < -0.3 is 14.5 Å². The molecule has 8 nitrogen and oxygen atoms in total. The number of nitrogens with zero attached hydrogens (tertiary/aromatic N) is 4. The van der Waals surface area contributed by atoms with E-state index in [1.807, 2.05) is 30.3 Å². The highest BCUT2D eigenvalue weighted by atomic mass is 32.2. The van der Waals surface area contributed by atoms with Crippen molar-refractivity contribution in [2.45, 2.75) is 13.5 Å². The molecule has 1 fully saturated rings. The van der Waals surface area contributed by atoms with Crippen molar-refractivity contribution in [2.75, 3.05) is 31.1 Å². The van der Waals surface area contributed by atoms with Crippen LogP contribution in [0.15, 0.2) is 82.7 Å². The molecule has 0 aliphatic carbocycles. The molecule has 3 aromatic carbocycles. The Balaban J connectivity index is 1.21. The molecule has 0 radical (unpaired) electrons. The molecule has 2 heterocycles. The van der Waals surface area contributed by atoms with Gasteiger partial charge in [-0.3, -0.25) is 14.9 Å². The molecule has 1 amide bonds. The number of hydrogen-bond donors (Lipinski definition) is 0. The molecular formula is C28H26N4O4S. The molecule has 188 valence electrons. The van der Waals surface area contributed by atoms with Crippen LogP contribution in [0.4, 0.5) is 11.4 Å². The Morgan fingerprint density at radius 1 is 0.973 bits per heavy atom. The number of amidine groups is 1. The molecule has 2 aliphatic heterocycles. The van der Waals surface area contributed by atoms with Crippen molar-refractivity contribution >= 4 is 40.3 Å². The normalized spacial score (nSPS) is 16.7. The van der Waals surface area contributed by atoms with Gasteiger partial charge in [0.15, 0.2) is 5.17 Å². The smallest absolute Gasteiger partial charge is 0.286 e. The molecule has 0 aromatic heterocycles. The van der Waals surface area contributed by atoms with Crippen LogP contribution >= 0.6 is 11.8 Å². The number of aliphatic imine (C=N–C) groups is 1. The number of ether oxygens (including phenoxy) is 1. The van der Waals surface area contributed by atoms with Gasteiger partial charge >= 0.3 is 0 Å². The lowest BCUT2D eigenvalue weighted by Crippen LogP contribution is -2.47. The molecule has 9 heteroatoms. The molecule has 5 rings (SSSR count). The average molecular weight is 515 g/mol. The van der Waals surface area contributed by atoms with Crippen molar-refractivity contribution in [1.82, 2.24) is 4.90 Å². The van der Waals surface area contributed by atoms with E-state index >= 15 is 0 Å². The Bertz CT molecular complexity index is 1360. The van der Waals surface area contributed by atoms with E-state index in [2.05, 4.69) is 46.0 Å². The van der Waals surface area contributed by atoms with E-state index in [1.54, 1.807) is 12.1 Å². The fourth-order valence-corrected chi connectivity index (χ4v) is 5.15. The Morgan fingerprint density at radius 2 is 1.65 bits per heavy atom. The van der Waals surface area contributed by atoms with Crippen LogP contribution < -0.4 is 9.64 Å². The number of non-ortho nitro benzene ring substituents is 1. The quantitative estimate of drug-likeness (QED) is 0.251. The minimum atomic E-state index is -0.428. The van der Waals surface area contributed by atoms with Crippen molar-refractivity contribution in [1.29, 1.82) is 0 Å². The summed E-state index contributed by atoms with van der Waals surface area (Å²) in [6, 6.07) is 22.3. The lowest BCUT2D eigenvalue weighted by Gasteiger charge is -2.36. The number of para-hydroxylation sites is 1. The first-order valence-electron chi connectivity index (χ1n) is 12.0. The number of amides is 1. The van der Waals surface area contributed by atoms with Crippen LogP contribution in [0.1, 0.15) is 16.7 Å². The number of nitro benzene ring substituents is 1. The summed E-state index contributed by atoms with van der Waals surface area (Å²) in [5.41, 5.74) is 4.09. The molecular weight excluding hydrogens is 488 g/mol. The summed E-state index contributed by atoms with van der Waals surface area (Å²) in [4.78, 5) is 32.6. The summed E-state index contributed by atoms with van der Waals surface area (Å²) in [6.45, 7) is 5.68. The van der Waals surface area contributed by atoms with Gasteiger partial charge in [-0.05, 0) is 60.7 Å². The third-order valence-corrected chi connectivity index (χ3v) is 7.35. The number of nitro groups is 1. The van der Waals surface area contributed by atoms with Crippen molar-refractivity contribution < 1.29 is 14.5 Å². The number of carbonyl (C=O) groups excluding carboxylic acids is 1. The summed E-state index contributed by atoms with van der Waals surface area (Å²) in [6.07, 6.45) is 1.82. The topological polar surface area (TPSA) is 88.3 Å². The van der Waals surface area contributed by atoms with Gasteiger partial charge in [0, 0.05) is 49.6 Å². The number of benzene rings is 3. The minimum Gasteiger partial charge on any atom is -0.488 e. The van der Waals surface area contributed by atoms with Gasteiger partial charge in [0.25, 0.3) is 11.6 Å². The molecule has 0 saturated carbocycles. The highest BCUT2D eigenvalue weighted by Gasteiger charge is 2.28. The maximum absolute atomic E-state index is 12.7. The first kappa shape index (κ1) is 24.6. The summed E-state index contributed by atoms with van der Waals surface area (Å²) in [7, 11) is 0. The molecule has 0 unspecified atom stereocenters. The van der Waals surface area contributed by atoms with Gasteiger partial charge in [-0.1, -0.05) is 35.9 Å². The van der Waals surface area contributed by atoms with Crippen LogP contribution in [0, 0.1) is 17.0 Å². The number of rotatable bonds is 6. The van der Waals surface area contributed by atoms with Crippen LogP contribution in [0.5, 0.6) is 5.75 Å². The SMILES string of the molecule is Cc1ccc(N2CCN(C3=NC(=O)C(=Cc4ccccc4OCc4ccc([N+](=O)[O-])cc4)S3)CC2)cc1. The van der Waals surface area contributed by atoms with Crippen LogP contribution in [0.3, 0.4) is 0 Å². The van der Waals surface area contributed by atoms with Gasteiger partial charge in [-0.15, -0.1) is 0 Å². The lowest BCUT2D eigenvalue weighted by molar-refractivity contribution is -0.384. The minimum absolute atomic E-state index is 0.0398. The predicted molar refractivity (Wildman–Crippen MR) is 147 cm³/mol. The van der Waals surface area contributed by atoms with Gasteiger partial charge in [0.2, 0.25) is 0 Å². The lowest BCUT2D eigenvalue weighted by atomic mass is 10.1. The van der Waals surface area contributed by atoms with E-state index in [0.29, 0.717) is 10.7 Å². The maximum Gasteiger partial charge on any atom is 0.286 e. The number of thioether (sulfide) groups is 1. The fourth-order valence-electron chi connectivity index (χ4n) is 4.19. The van der Waals surface area contributed by atoms with Crippen molar-refractivity contribution in [3.8, 4) is 5.75 Å². The zero-order valence-corrected chi connectivity index (χ0v) is 21.2. The largest absolute Gasteiger partial charge is 0.488 e. The summed E-state index contributed by atoms with van der Waals surface area (Å²) < 4.78 is 5.99. The molecule has 0 spiro atoms. The first-order chi connectivity index (χ1) is 18.0. The number of anilines is 1. The zero-order valence-electron chi connectivity index (χ0n) is 20.4.